The lowest BCUT2D eigenvalue weighted by Crippen LogP contribution is -2.53. The molecule has 0 radical (unpaired) electrons. The molecule has 0 aliphatic carbocycles. The summed E-state index contributed by atoms with van der Waals surface area (Å²) >= 11 is 0. The van der Waals surface area contributed by atoms with Crippen molar-refractivity contribution in [3.8, 4) is 0 Å². The predicted molar refractivity (Wildman–Crippen MR) is 58.8 cm³/mol. The Morgan fingerprint density at radius 2 is 1.93 bits per heavy atom. The quantitative estimate of drug-likeness (QED) is 0.645. The summed E-state index contributed by atoms with van der Waals surface area (Å²) in [6, 6.07) is -0.198. The van der Waals surface area contributed by atoms with E-state index in [1.807, 2.05) is 34.9 Å². The first-order valence-corrected chi connectivity index (χ1v) is 5.04. The van der Waals surface area contributed by atoms with Gasteiger partial charge in [0.05, 0.1) is 6.04 Å². The van der Waals surface area contributed by atoms with Crippen molar-refractivity contribution in [2.45, 2.75) is 45.7 Å². The first-order valence-electron chi connectivity index (χ1n) is 5.04. The highest BCUT2D eigenvalue weighted by Crippen LogP contribution is 2.06. The summed E-state index contributed by atoms with van der Waals surface area (Å²) in [6.07, 6.45) is 0.924. The van der Waals surface area contributed by atoms with E-state index in [1.165, 1.54) is 0 Å². The van der Waals surface area contributed by atoms with Gasteiger partial charge < -0.3 is 5.32 Å². The van der Waals surface area contributed by atoms with Gasteiger partial charge in [0.2, 0.25) is 5.91 Å². The predicted octanol–water partition coefficient (Wildman–Crippen LogP) is 0.746. The Morgan fingerprint density at radius 1 is 1.43 bits per heavy atom. The molecule has 0 aromatic heterocycles. The maximum absolute atomic E-state index is 11.7. The van der Waals surface area contributed by atoms with Gasteiger partial charge in [0.1, 0.15) is 0 Å². The second-order valence-corrected chi connectivity index (χ2v) is 4.47. The van der Waals surface area contributed by atoms with E-state index >= 15 is 0 Å². The molecule has 0 aromatic carbocycles. The van der Waals surface area contributed by atoms with Gasteiger partial charge in [0.15, 0.2) is 0 Å². The molecule has 14 heavy (non-hydrogen) atoms. The van der Waals surface area contributed by atoms with Gasteiger partial charge in [-0.3, -0.25) is 4.79 Å². The van der Waals surface area contributed by atoms with Gasteiger partial charge in [-0.05, 0) is 27.2 Å². The number of rotatable bonds is 5. The Hall–Kier alpha value is -0.610. The van der Waals surface area contributed by atoms with E-state index in [-0.39, 0.29) is 17.5 Å². The minimum absolute atomic E-state index is 0.0329. The topological polar surface area (TPSA) is 44.4 Å². The van der Waals surface area contributed by atoms with Gasteiger partial charge in [-0.1, -0.05) is 6.92 Å². The third-order valence-corrected chi connectivity index (χ3v) is 2.19. The molecule has 0 aliphatic rings. The zero-order valence-electron chi connectivity index (χ0n) is 10.1. The van der Waals surface area contributed by atoms with Crippen molar-refractivity contribution in [1.29, 1.82) is 0 Å². The Kier molecular flexibility index (Phi) is 5.08. The van der Waals surface area contributed by atoms with E-state index in [0.29, 0.717) is 0 Å². The Bertz CT molecular complexity index is 190. The van der Waals surface area contributed by atoms with E-state index in [1.54, 1.807) is 5.01 Å². The largest absolute Gasteiger partial charge is 0.350 e. The molecule has 0 heterocycles. The van der Waals surface area contributed by atoms with Gasteiger partial charge in [-0.15, -0.1) is 0 Å². The van der Waals surface area contributed by atoms with Crippen LogP contribution in [0.15, 0.2) is 0 Å². The minimum Gasteiger partial charge on any atom is -0.350 e. The highest BCUT2D eigenvalue weighted by Gasteiger charge is 2.21. The molecule has 0 saturated carbocycles. The molecule has 0 aromatic rings. The first-order chi connectivity index (χ1) is 6.28. The van der Waals surface area contributed by atoms with Crippen molar-refractivity contribution in [3.05, 3.63) is 0 Å². The fourth-order valence-corrected chi connectivity index (χ4v) is 0.976. The van der Waals surface area contributed by atoms with Gasteiger partial charge in [0, 0.05) is 19.6 Å². The van der Waals surface area contributed by atoms with Crippen LogP contribution in [-0.2, 0) is 4.79 Å². The molecule has 1 atom stereocenters. The van der Waals surface area contributed by atoms with Gasteiger partial charge in [0.25, 0.3) is 0 Å². The lowest BCUT2D eigenvalue weighted by atomic mass is 10.0. The molecule has 1 amide bonds. The first kappa shape index (κ1) is 13.4. The van der Waals surface area contributed by atoms with Crippen molar-refractivity contribution in [3.63, 3.8) is 0 Å². The van der Waals surface area contributed by atoms with E-state index in [2.05, 4.69) is 17.7 Å². The average molecular weight is 201 g/mol. The highest BCUT2D eigenvalue weighted by molar-refractivity contribution is 5.81. The lowest BCUT2D eigenvalue weighted by molar-refractivity contribution is -0.125. The van der Waals surface area contributed by atoms with Gasteiger partial charge in [-0.25, -0.2) is 10.4 Å². The number of hydrogen-bond acceptors (Lipinski definition) is 3. The molecule has 4 heteroatoms. The van der Waals surface area contributed by atoms with Crippen LogP contribution >= 0.6 is 0 Å². The third-order valence-electron chi connectivity index (χ3n) is 2.19. The van der Waals surface area contributed by atoms with Crippen LogP contribution in [0.2, 0.25) is 0 Å². The Labute approximate surface area is 87.0 Å². The standard InChI is InChI=1S/C10H23N3O/c1-7-10(3,4)11-9(14)8(2)12-13(5)6/h8,12H,7H2,1-6H3,(H,11,14). The second kappa shape index (κ2) is 5.32. The molecule has 0 fully saturated rings. The van der Waals surface area contributed by atoms with E-state index in [0.717, 1.165) is 6.42 Å². The fraction of sp³-hybridized carbons (Fsp3) is 0.900. The molecule has 0 aliphatic heterocycles. The number of nitrogens with zero attached hydrogens (tertiary/aromatic N) is 1. The third kappa shape index (κ3) is 5.19. The SMILES string of the molecule is CCC(C)(C)NC(=O)C(C)NN(C)C. The van der Waals surface area contributed by atoms with Crippen molar-refractivity contribution in [2.24, 2.45) is 0 Å². The van der Waals surface area contributed by atoms with Crippen LogP contribution in [0, 0.1) is 0 Å². The zero-order valence-corrected chi connectivity index (χ0v) is 10.1. The summed E-state index contributed by atoms with van der Waals surface area (Å²) in [5.41, 5.74) is 2.88. The molecule has 0 spiro atoms. The maximum Gasteiger partial charge on any atom is 0.238 e. The summed E-state index contributed by atoms with van der Waals surface area (Å²) in [5.74, 6) is 0.0329. The van der Waals surface area contributed by atoms with E-state index in [4.69, 9.17) is 0 Å². The number of amides is 1. The Balaban J connectivity index is 4.08. The van der Waals surface area contributed by atoms with Crippen molar-refractivity contribution >= 4 is 5.91 Å². The molecule has 84 valence electrons. The number of carbonyl (C=O) groups excluding carboxylic acids is 1. The number of hydrogen-bond donors (Lipinski definition) is 2. The second-order valence-electron chi connectivity index (χ2n) is 4.47. The van der Waals surface area contributed by atoms with Crippen LogP contribution in [0.25, 0.3) is 0 Å². The molecule has 4 nitrogen and oxygen atoms in total. The highest BCUT2D eigenvalue weighted by atomic mass is 16.2. The van der Waals surface area contributed by atoms with Gasteiger partial charge in [-0.2, -0.15) is 0 Å². The van der Waals surface area contributed by atoms with Crippen LogP contribution < -0.4 is 10.7 Å². The number of nitrogens with one attached hydrogen (secondary N) is 2. The molecular weight excluding hydrogens is 178 g/mol. The minimum atomic E-state index is -0.198. The number of hydrazine groups is 1. The van der Waals surface area contributed by atoms with Crippen molar-refractivity contribution < 1.29 is 4.79 Å². The number of carbonyl (C=O) groups is 1. The van der Waals surface area contributed by atoms with Crippen LogP contribution in [0.3, 0.4) is 0 Å². The van der Waals surface area contributed by atoms with Crippen molar-refractivity contribution in [2.75, 3.05) is 14.1 Å². The molecular formula is C10H23N3O. The van der Waals surface area contributed by atoms with E-state index < -0.39 is 0 Å². The summed E-state index contributed by atoms with van der Waals surface area (Å²) in [5, 5.41) is 4.76. The summed E-state index contributed by atoms with van der Waals surface area (Å²) in [6.45, 7) is 7.95. The summed E-state index contributed by atoms with van der Waals surface area (Å²) in [4.78, 5) is 11.7. The van der Waals surface area contributed by atoms with Crippen LogP contribution in [0.1, 0.15) is 34.1 Å². The normalized spacial score (nSPS) is 14.2. The molecule has 0 saturated heterocycles. The fourth-order valence-electron chi connectivity index (χ4n) is 0.976. The van der Waals surface area contributed by atoms with Gasteiger partial charge >= 0.3 is 0 Å². The monoisotopic (exact) mass is 201 g/mol. The summed E-state index contributed by atoms with van der Waals surface area (Å²) < 4.78 is 0. The maximum atomic E-state index is 11.7. The van der Waals surface area contributed by atoms with Crippen LogP contribution in [-0.4, -0.2) is 36.6 Å². The average Bonchev–Trinajstić information content (AvgIpc) is 2.02. The van der Waals surface area contributed by atoms with Crippen LogP contribution in [0.5, 0.6) is 0 Å². The Morgan fingerprint density at radius 3 is 2.29 bits per heavy atom. The molecule has 0 bridgehead atoms. The smallest absolute Gasteiger partial charge is 0.238 e. The van der Waals surface area contributed by atoms with Crippen molar-refractivity contribution in [1.82, 2.24) is 15.8 Å². The molecule has 1 unspecified atom stereocenters. The summed E-state index contributed by atoms with van der Waals surface area (Å²) in [7, 11) is 3.74. The molecule has 2 N–H and O–H groups in total. The zero-order chi connectivity index (χ0) is 11.4. The lowest BCUT2D eigenvalue weighted by Gasteiger charge is -2.27. The van der Waals surface area contributed by atoms with E-state index in [9.17, 15) is 4.79 Å². The molecule has 0 rings (SSSR count). The van der Waals surface area contributed by atoms with Crippen LogP contribution in [0.4, 0.5) is 0 Å².